The summed E-state index contributed by atoms with van der Waals surface area (Å²) in [5.74, 6) is 1.40. The van der Waals surface area contributed by atoms with E-state index >= 15 is 0 Å². The molecule has 0 heterocycles. The fourth-order valence-corrected chi connectivity index (χ4v) is 2.13. The molecule has 1 fully saturated rings. The van der Waals surface area contributed by atoms with E-state index in [1.54, 1.807) is 7.11 Å². The van der Waals surface area contributed by atoms with Crippen LogP contribution in [0.5, 0.6) is 5.75 Å². The number of rotatable bonds is 6. The van der Waals surface area contributed by atoms with Crippen molar-refractivity contribution in [1.29, 1.82) is 0 Å². The smallest absolute Gasteiger partial charge is 0.122 e. The van der Waals surface area contributed by atoms with E-state index in [0.29, 0.717) is 12.0 Å². The third-order valence-electron chi connectivity index (χ3n) is 3.51. The van der Waals surface area contributed by atoms with Crippen LogP contribution in [0.15, 0.2) is 18.2 Å². The summed E-state index contributed by atoms with van der Waals surface area (Å²) in [6.07, 6.45) is 2.60. The Morgan fingerprint density at radius 1 is 1.39 bits per heavy atom. The predicted molar refractivity (Wildman–Crippen MR) is 75.0 cm³/mol. The summed E-state index contributed by atoms with van der Waals surface area (Å²) < 4.78 is 5.39. The van der Waals surface area contributed by atoms with Crippen molar-refractivity contribution in [3.63, 3.8) is 0 Å². The molecule has 3 nitrogen and oxygen atoms in total. The van der Waals surface area contributed by atoms with Crippen LogP contribution in [-0.2, 0) is 0 Å². The minimum absolute atomic E-state index is 0.0639. The third kappa shape index (κ3) is 3.24. The Bertz CT molecular complexity index is 399. The van der Waals surface area contributed by atoms with Gasteiger partial charge in [-0.2, -0.15) is 0 Å². The second-order valence-electron chi connectivity index (χ2n) is 5.45. The standard InChI is InChI=1S/C15H24N2O/c1-10(2)13-8-11(4-7-15(13)18-3)14(16)9-17-12-5-6-12/h4,7-8,10,12,14,17H,5-6,9,16H2,1-3H3. The zero-order valence-corrected chi connectivity index (χ0v) is 11.6. The van der Waals surface area contributed by atoms with Crippen molar-refractivity contribution in [2.75, 3.05) is 13.7 Å². The Morgan fingerprint density at radius 3 is 2.67 bits per heavy atom. The Hall–Kier alpha value is -1.06. The van der Waals surface area contributed by atoms with Gasteiger partial charge in [-0.15, -0.1) is 0 Å². The molecule has 0 amide bonds. The molecule has 0 aliphatic heterocycles. The fraction of sp³-hybridized carbons (Fsp3) is 0.600. The van der Waals surface area contributed by atoms with E-state index in [0.717, 1.165) is 12.3 Å². The van der Waals surface area contributed by atoms with Gasteiger partial charge in [-0.05, 0) is 36.0 Å². The zero-order valence-electron chi connectivity index (χ0n) is 11.6. The molecule has 0 saturated heterocycles. The van der Waals surface area contributed by atoms with Gasteiger partial charge in [-0.25, -0.2) is 0 Å². The van der Waals surface area contributed by atoms with E-state index in [2.05, 4.69) is 31.3 Å². The molecule has 1 aromatic rings. The Morgan fingerprint density at radius 2 is 2.11 bits per heavy atom. The Kier molecular flexibility index (Phi) is 4.25. The van der Waals surface area contributed by atoms with E-state index in [9.17, 15) is 0 Å². The van der Waals surface area contributed by atoms with Crippen molar-refractivity contribution < 1.29 is 4.74 Å². The lowest BCUT2D eigenvalue weighted by Crippen LogP contribution is -2.28. The maximum atomic E-state index is 6.23. The van der Waals surface area contributed by atoms with E-state index in [1.807, 2.05) is 6.07 Å². The highest BCUT2D eigenvalue weighted by molar-refractivity contribution is 5.40. The van der Waals surface area contributed by atoms with Crippen LogP contribution in [0.4, 0.5) is 0 Å². The first kappa shape index (κ1) is 13.4. The first-order valence-corrected chi connectivity index (χ1v) is 6.78. The molecule has 3 N–H and O–H groups in total. The van der Waals surface area contributed by atoms with Crippen LogP contribution < -0.4 is 15.8 Å². The second-order valence-corrected chi connectivity index (χ2v) is 5.45. The topological polar surface area (TPSA) is 47.3 Å². The van der Waals surface area contributed by atoms with Crippen LogP contribution in [0.2, 0.25) is 0 Å². The van der Waals surface area contributed by atoms with Crippen LogP contribution >= 0.6 is 0 Å². The maximum Gasteiger partial charge on any atom is 0.122 e. The summed E-state index contributed by atoms with van der Waals surface area (Å²) in [6, 6.07) is 7.06. The molecule has 1 atom stereocenters. The van der Waals surface area contributed by atoms with Crippen molar-refractivity contribution in [3.05, 3.63) is 29.3 Å². The largest absolute Gasteiger partial charge is 0.496 e. The molecule has 100 valence electrons. The van der Waals surface area contributed by atoms with Gasteiger partial charge in [0.05, 0.1) is 7.11 Å². The van der Waals surface area contributed by atoms with E-state index < -0.39 is 0 Å². The zero-order chi connectivity index (χ0) is 13.1. The number of benzene rings is 1. The van der Waals surface area contributed by atoms with Crippen molar-refractivity contribution in [3.8, 4) is 5.75 Å². The first-order chi connectivity index (χ1) is 8.61. The van der Waals surface area contributed by atoms with Crippen molar-refractivity contribution in [2.45, 2.75) is 44.7 Å². The second kappa shape index (κ2) is 5.72. The minimum Gasteiger partial charge on any atom is -0.496 e. The first-order valence-electron chi connectivity index (χ1n) is 6.78. The van der Waals surface area contributed by atoms with Crippen molar-refractivity contribution in [2.24, 2.45) is 5.73 Å². The van der Waals surface area contributed by atoms with Crippen LogP contribution in [0, 0.1) is 0 Å². The van der Waals surface area contributed by atoms with Crippen LogP contribution in [0.25, 0.3) is 0 Å². The summed E-state index contributed by atoms with van der Waals surface area (Å²) >= 11 is 0. The van der Waals surface area contributed by atoms with Gasteiger partial charge in [-0.3, -0.25) is 0 Å². The fourth-order valence-electron chi connectivity index (χ4n) is 2.13. The van der Waals surface area contributed by atoms with Gasteiger partial charge in [0.1, 0.15) is 5.75 Å². The van der Waals surface area contributed by atoms with Gasteiger partial charge in [0.25, 0.3) is 0 Å². The number of methoxy groups -OCH3 is 1. The van der Waals surface area contributed by atoms with Gasteiger partial charge in [-0.1, -0.05) is 26.0 Å². The normalized spacial score (nSPS) is 16.9. The molecule has 1 aliphatic rings. The summed E-state index contributed by atoms with van der Waals surface area (Å²) in [4.78, 5) is 0. The number of hydrogen-bond donors (Lipinski definition) is 2. The molecule has 3 heteroatoms. The van der Waals surface area contributed by atoms with Crippen molar-refractivity contribution >= 4 is 0 Å². The van der Waals surface area contributed by atoms with Crippen LogP contribution in [-0.4, -0.2) is 19.7 Å². The Labute approximate surface area is 110 Å². The third-order valence-corrected chi connectivity index (χ3v) is 3.51. The summed E-state index contributed by atoms with van der Waals surface area (Å²) in [6.45, 7) is 5.21. The molecular weight excluding hydrogens is 224 g/mol. The monoisotopic (exact) mass is 248 g/mol. The van der Waals surface area contributed by atoms with Crippen LogP contribution in [0.3, 0.4) is 0 Å². The molecule has 18 heavy (non-hydrogen) atoms. The van der Waals surface area contributed by atoms with Gasteiger partial charge >= 0.3 is 0 Å². The van der Waals surface area contributed by atoms with E-state index in [-0.39, 0.29) is 6.04 Å². The Balaban J connectivity index is 2.08. The quantitative estimate of drug-likeness (QED) is 0.813. The number of nitrogens with two attached hydrogens (primary N) is 1. The molecule has 0 bridgehead atoms. The van der Waals surface area contributed by atoms with Gasteiger partial charge in [0.2, 0.25) is 0 Å². The number of nitrogens with one attached hydrogen (secondary N) is 1. The minimum atomic E-state index is 0.0639. The van der Waals surface area contributed by atoms with Gasteiger partial charge in [0.15, 0.2) is 0 Å². The maximum absolute atomic E-state index is 6.23. The van der Waals surface area contributed by atoms with Crippen LogP contribution in [0.1, 0.15) is 49.8 Å². The highest BCUT2D eigenvalue weighted by Gasteiger charge is 2.21. The van der Waals surface area contributed by atoms with E-state index in [4.69, 9.17) is 10.5 Å². The average Bonchev–Trinajstić information content (AvgIpc) is 3.19. The molecule has 2 rings (SSSR count). The molecule has 0 aromatic heterocycles. The van der Waals surface area contributed by atoms with E-state index in [1.165, 1.54) is 24.0 Å². The van der Waals surface area contributed by atoms with Crippen molar-refractivity contribution in [1.82, 2.24) is 5.32 Å². The van der Waals surface area contributed by atoms with Gasteiger partial charge < -0.3 is 15.8 Å². The average molecular weight is 248 g/mol. The van der Waals surface area contributed by atoms with Gasteiger partial charge in [0, 0.05) is 18.6 Å². The lowest BCUT2D eigenvalue weighted by atomic mass is 9.97. The number of hydrogen-bond acceptors (Lipinski definition) is 3. The summed E-state index contributed by atoms with van der Waals surface area (Å²) in [7, 11) is 1.72. The molecule has 1 aromatic carbocycles. The lowest BCUT2D eigenvalue weighted by Gasteiger charge is -2.17. The molecule has 1 aliphatic carbocycles. The molecule has 0 spiro atoms. The lowest BCUT2D eigenvalue weighted by molar-refractivity contribution is 0.407. The molecular formula is C15H24N2O. The summed E-state index contributed by atoms with van der Waals surface area (Å²) in [5.41, 5.74) is 8.65. The molecule has 1 saturated carbocycles. The number of ether oxygens (including phenoxy) is 1. The SMILES string of the molecule is COc1ccc(C(N)CNC2CC2)cc1C(C)C. The molecule has 0 radical (unpaired) electrons. The predicted octanol–water partition coefficient (Wildman–Crippen LogP) is 2.57. The highest BCUT2D eigenvalue weighted by atomic mass is 16.5. The highest BCUT2D eigenvalue weighted by Crippen LogP contribution is 2.29. The summed E-state index contributed by atoms with van der Waals surface area (Å²) in [5, 5.41) is 3.48. The molecule has 1 unspecified atom stereocenters.